The molecule has 0 radical (unpaired) electrons. The molecule has 0 aliphatic heterocycles. The van der Waals surface area contributed by atoms with Crippen molar-refractivity contribution in [2.45, 2.75) is 53.6 Å². The second kappa shape index (κ2) is 11.8. The molecule has 1 N–H and O–H groups in total. The average Bonchev–Trinajstić information content (AvgIpc) is 2.71. The fourth-order valence-electron chi connectivity index (χ4n) is 3.37. The van der Waals surface area contributed by atoms with Crippen LogP contribution in [-0.4, -0.2) is 35.9 Å². The van der Waals surface area contributed by atoms with Gasteiger partial charge in [-0.3, -0.25) is 9.59 Å². The van der Waals surface area contributed by atoms with Gasteiger partial charge in [-0.1, -0.05) is 50.6 Å². The van der Waals surface area contributed by atoms with Crippen LogP contribution in [0.1, 0.15) is 43.9 Å². The fourth-order valence-corrected chi connectivity index (χ4v) is 3.50. The monoisotopic (exact) mass is 444 g/mol. The lowest BCUT2D eigenvalue weighted by Crippen LogP contribution is -2.50. The van der Waals surface area contributed by atoms with Gasteiger partial charge >= 0.3 is 0 Å². The molecular weight excluding hydrogens is 412 g/mol. The van der Waals surface area contributed by atoms with E-state index in [-0.39, 0.29) is 18.4 Å². The summed E-state index contributed by atoms with van der Waals surface area (Å²) in [5, 5.41) is 3.58. The van der Waals surface area contributed by atoms with E-state index < -0.39 is 6.04 Å². The molecule has 0 aromatic heterocycles. The first-order valence-electron chi connectivity index (χ1n) is 10.7. The number of amides is 2. The standard InChI is InChI=1S/C25H33ClN2O3/c1-6-23(25(30)27-14-17(2)3)28(15-20-7-9-21(26)10-8-20)24(29)16-31-22-12-18(4)11-19(5)13-22/h7-13,17,23H,6,14-16H2,1-5H3,(H,27,30)/t23-/m0/s1. The Hall–Kier alpha value is -2.53. The van der Waals surface area contributed by atoms with Crippen molar-refractivity contribution in [1.29, 1.82) is 0 Å². The molecule has 31 heavy (non-hydrogen) atoms. The van der Waals surface area contributed by atoms with Gasteiger partial charge < -0.3 is 15.0 Å². The van der Waals surface area contributed by atoms with Crippen molar-refractivity contribution in [3.05, 3.63) is 64.2 Å². The molecule has 0 bridgehead atoms. The number of aryl methyl sites for hydroxylation is 2. The minimum atomic E-state index is -0.579. The van der Waals surface area contributed by atoms with E-state index in [0.717, 1.165) is 16.7 Å². The summed E-state index contributed by atoms with van der Waals surface area (Å²) in [5.74, 6) is 0.593. The Bertz CT molecular complexity index is 861. The highest BCUT2D eigenvalue weighted by Gasteiger charge is 2.29. The van der Waals surface area contributed by atoms with Crippen molar-refractivity contribution in [3.8, 4) is 5.75 Å². The predicted octanol–water partition coefficient (Wildman–Crippen LogP) is 4.92. The van der Waals surface area contributed by atoms with Crippen molar-refractivity contribution in [3.63, 3.8) is 0 Å². The molecule has 1 atom stereocenters. The summed E-state index contributed by atoms with van der Waals surface area (Å²) in [4.78, 5) is 27.7. The second-order valence-corrected chi connectivity index (χ2v) is 8.76. The Morgan fingerprint density at radius 3 is 2.23 bits per heavy atom. The molecule has 2 aromatic rings. The van der Waals surface area contributed by atoms with Crippen LogP contribution in [0.15, 0.2) is 42.5 Å². The molecule has 0 aliphatic rings. The largest absolute Gasteiger partial charge is 0.484 e. The molecule has 0 aliphatic carbocycles. The van der Waals surface area contributed by atoms with Gasteiger partial charge in [-0.15, -0.1) is 0 Å². The SMILES string of the molecule is CC[C@@H](C(=O)NCC(C)C)N(Cc1ccc(Cl)cc1)C(=O)COc1cc(C)cc(C)c1. The molecule has 0 unspecified atom stereocenters. The number of nitrogens with zero attached hydrogens (tertiary/aromatic N) is 1. The smallest absolute Gasteiger partial charge is 0.261 e. The lowest BCUT2D eigenvalue weighted by atomic mass is 10.1. The molecule has 2 aromatic carbocycles. The average molecular weight is 445 g/mol. The summed E-state index contributed by atoms with van der Waals surface area (Å²) >= 11 is 6.00. The van der Waals surface area contributed by atoms with Gasteiger partial charge in [-0.05, 0) is 67.1 Å². The zero-order chi connectivity index (χ0) is 23.0. The number of ether oxygens (including phenoxy) is 1. The number of rotatable bonds is 10. The summed E-state index contributed by atoms with van der Waals surface area (Å²) in [7, 11) is 0. The van der Waals surface area contributed by atoms with E-state index in [1.807, 2.05) is 65.0 Å². The Balaban J connectivity index is 2.20. The minimum Gasteiger partial charge on any atom is -0.484 e. The van der Waals surface area contributed by atoms with E-state index in [2.05, 4.69) is 5.32 Å². The van der Waals surface area contributed by atoms with Crippen LogP contribution in [-0.2, 0) is 16.1 Å². The number of carbonyl (C=O) groups is 2. The number of nitrogens with one attached hydrogen (secondary N) is 1. The molecular formula is C25H33ClN2O3. The third-order valence-corrected chi connectivity index (χ3v) is 5.15. The Morgan fingerprint density at radius 1 is 1.06 bits per heavy atom. The third-order valence-electron chi connectivity index (χ3n) is 4.89. The first kappa shape index (κ1) is 24.7. The van der Waals surface area contributed by atoms with Gasteiger partial charge in [0.05, 0.1) is 0 Å². The topological polar surface area (TPSA) is 58.6 Å². The van der Waals surface area contributed by atoms with Crippen molar-refractivity contribution in [2.75, 3.05) is 13.2 Å². The lowest BCUT2D eigenvalue weighted by Gasteiger charge is -2.31. The summed E-state index contributed by atoms with van der Waals surface area (Å²) in [6, 6.07) is 12.6. The third kappa shape index (κ3) is 7.91. The Morgan fingerprint density at radius 2 is 1.68 bits per heavy atom. The van der Waals surface area contributed by atoms with E-state index in [1.54, 1.807) is 17.0 Å². The van der Waals surface area contributed by atoms with E-state index in [1.165, 1.54) is 0 Å². The van der Waals surface area contributed by atoms with Crippen LogP contribution in [0, 0.1) is 19.8 Å². The fraction of sp³-hybridized carbons (Fsp3) is 0.440. The number of hydrogen-bond acceptors (Lipinski definition) is 3. The molecule has 5 nitrogen and oxygen atoms in total. The summed E-state index contributed by atoms with van der Waals surface area (Å²) in [6.45, 7) is 10.7. The quantitative estimate of drug-likeness (QED) is 0.566. The molecule has 2 amide bonds. The lowest BCUT2D eigenvalue weighted by molar-refractivity contribution is -0.143. The van der Waals surface area contributed by atoms with Gasteiger partial charge in [0, 0.05) is 18.1 Å². The Kier molecular flexibility index (Phi) is 9.38. The van der Waals surface area contributed by atoms with Gasteiger partial charge in [0.25, 0.3) is 5.91 Å². The number of hydrogen-bond donors (Lipinski definition) is 1. The molecule has 168 valence electrons. The van der Waals surface area contributed by atoms with Gasteiger partial charge in [0.1, 0.15) is 11.8 Å². The van der Waals surface area contributed by atoms with Gasteiger partial charge in [0.15, 0.2) is 6.61 Å². The summed E-state index contributed by atoms with van der Waals surface area (Å²) in [6.07, 6.45) is 0.507. The van der Waals surface area contributed by atoms with Crippen LogP contribution in [0.3, 0.4) is 0 Å². The molecule has 6 heteroatoms. The highest BCUT2D eigenvalue weighted by atomic mass is 35.5. The second-order valence-electron chi connectivity index (χ2n) is 8.32. The van der Waals surface area contributed by atoms with Gasteiger partial charge in [-0.2, -0.15) is 0 Å². The van der Waals surface area contributed by atoms with Crippen molar-refractivity contribution in [2.24, 2.45) is 5.92 Å². The van der Waals surface area contributed by atoms with E-state index >= 15 is 0 Å². The molecule has 2 rings (SSSR count). The molecule has 0 saturated carbocycles. The van der Waals surface area contributed by atoms with E-state index in [4.69, 9.17) is 16.3 Å². The maximum atomic E-state index is 13.2. The van der Waals surface area contributed by atoms with Gasteiger partial charge in [-0.25, -0.2) is 0 Å². The van der Waals surface area contributed by atoms with Crippen LogP contribution in [0.5, 0.6) is 5.75 Å². The van der Waals surface area contributed by atoms with Crippen LogP contribution in [0.4, 0.5) is 0 Å². The molecule has 0 heterocycles. The highest BCUT2D eigenvalue weighted by Crippen LogP contribution is 2.18. The number of carbonyl (C=O) groups excluding carboxylic acids is 2. The summed E-state index contributed by atoms with van der Waals surface area (Å²) < 4.78 is 5.80. The normalized spacial score (nSPS) is 11.8. The highest BCUT2D eigenvalue weighted by molar-refractivity contribution is 6.30. The Labute approximate surface area is 190 Å². The van der Waals surface area contributed by atoms with Crippen molar-refractivity contribution in [1.82, 2.24) is 10.2 Å². The van der Waals surface area contributed by atoms with Crippen LogP contribution in [0.25, 0.3) is 0 Å². The van der Waals surface area contributed by atoms with E-state index in [9.17, 15) is 9.59 Å². The number of halogens is 1. The van der Waals surface area contributed by atoms with Crippen LogP contribution >= 0.6 is 11.6 Å². The zero-order valence-electron chi connectivity index (χ0n) is 19.1. The first-order chi connectivity index (χ1) is 14.7. The first-order valence-corrected chi connectivity index (χ1v) is 11.1. The molecule has 0 saturated heterocycles. The zero-order valence-corrected chi connectivity index (χ0v) is 19.8. The maximum absolute atomic E-state index is 13.2. The maximum Gasteiger partial charge on any atom is 0.261 e. The number of benzene rings is 2. The van der Waals surface area contributed by atoms with Crippen molar-refractivity contribution < 1.29 is 14.3 Å². The minimum absolute atomic E-state index is 0.134. The van der Waals surface area contributed by atoms with Crippen LogP contribution in [0.2, 0.25) is 5.02 Å². The predicted molar refractivity (Wildman–Crippen MR) is 125 cm³/mol. The molecule has 0 spiro atoms. The van der Waals surface area contributed by atoms with Gasteiger partial charge in [0.2, 0.25) is 5.91 Å². The summed E-state index contributed by atoms with van der Waals surface area (Å²) in [5.41, 5.74) is 3.04. The molecule has 0 fully saturated rings. The van der Waals surface area contributed by atoms with Crippen molar-refractivity contribution >= 4 is 23.4 Å². The van der Waals surface area contributed by atoms with E-state index in [0.29, 0.717) is 36.2 Å². The van der Waals surface area contributed by atoms with Crippen LogP contribution < -0.4 is 10.1 Å².